The Labute approximate surface area is 112 Å². The average molecular weight is 281 g/mol. The molecule has 0 aliphatic rings. The van der Waals surface area contributed by atoms with E-state index in [1.165, 1.54) is 10.9 Å². The van der Waals surface area contributed by atoms with Crippen LogP contribution in [-0.4, -0.2) is 36.4 Å². The molecule has 8 nitrogen and oxygen atoms in total. The first-order chi connectivity index (χ1) is 9.08. The molecule has 1 amide bonds. The number of carboxylic acids is 1. The van der Waals surface area contributed by atoms with E-state index in [2.05, 4.69) is 20.0 Å². The van der Waals surface area contributed by atoms with Crippen LogP contribution in [0.5, 0.6) is 0 Å². The summed E-state index contributed by atoms with van der Waals surface area (Å²) in [5, 5.41) is 19.2. The number of nitrogens with zero attached hydrogens (tertiary/aromatic N) is 4. The van der Waals surface area contributed by atoms with Crippen molar-refractivity contribution in [1.82, 2.24) is 19.4 Å². The number of rotatable bonds is 5. The van der Waals surface area contributed by atoms with E-state index >= 15 is 0 Å². The fraction of sp³-hybridized carbons (Fsp3) is 0.300. The number of anilines is 1. The Balaban J connectivity index is 1.97. The van der Waals surface area contributed by atoms with Crippen molar-refractivity contribution in [3.05, 3.63) is 23.7 Å². The number of aromatic carboxylic acids is 1. The van der Waals surface area contributed by atoms with Gasteiger partial charge in [-0.25, -0.2) is 4.79 Å². The molecule has 0 aliphatic heterocycles. The number of hydrogen-bond acceptors (Lipinski definition) is 6. The molecule has 2 N–H and O–H groups in total. The SMILES string of the molecule is Cc1nsc(NC(=O)CCn2ccnn2)c1C(=O)O. The predicted octanol–water partition coefficient (Wildman–Crippen LogP) is 0.770. The minimum absolute atomic E-state index is 0.0408. The van der Waals surface area contributed by atoms with Crippen molar-refractivity contribution in [1.29, 1.82) is 0 Å². The maximum Gasteiger partial charge on any atom is 0.340 e. The van der Waals surface area contributed by atoms with Crippen molar-refractivity contribution in [2.75, 3.05) is 5.32 Å². The van der Waals surface area contributed by atoms with E-state index in [1.54, 1.807) is 13.1 Å². The van der Waals surface area contributed by atoms with Crippen LogP contribution in [0.25, 0.3) is 0 Å². The minimum Gasteiger partial charge on any atom is -0.478 e. The number of aromatic nitrogens is 4. The first-order valence-corrected chi connectivity index (χ1v) is 6.19. The molecule has 0 bridgehead atoms. The van der Waals surface area contributed by atoms with Gasteiger partial charge in [0, 0.05) is 12.6 Å². The topological polar surface area (TPSA) is 110 Å². The minimum atomic E-state index is -1.10. The lowest BCUT2D eigenvalue weighted by molar-refractivity contribution is -0.116. The van der Waals surface area contributed by atoms with Crippen molar-refractivity contribution in [2.45, 2.75) is 19.9 Å². The Morgan fingerprint density at radius 3 is 2.95 bits per heavy atom. The fourth-order valence-corrected chi connectivity index (χ4v) is 2.27. The van der Waals surface area contributed by atoms with Gasteiger partial charge >= 0.3 is 5.97 Å². The van der Waals surface area contributed by atoms with Gasteiger partial charge in [0.1, 0.15) is 10.6 Å². The molecule has 2 heterocycles. The van der Waals surface area contributed by atoms with Gasteiger partial charge in [0.2, 0.25) is 5.91 Å². The monoisotopic (exact) mass is 281 g/mol. The summed E-state index contributed by atoms with van der Waals surface area (Å²) in [5.74, 6) is -1.39. The molecule has 0 saturated heterocycles. The second-order valence-electron chi connectivity index (χ2n) is 3.74. The highest BCUT2D eigenvalue weighted by Crippen LogP contribution is 2.24. The van der Waals surface area contributed by atoms with Crippen molar-refractivity contribution >= 4 is 28.4 Å². The van der Waals surface area contributed by atoms with Gasteiger partial charge in [0.05, 0.1) is 18.4 Å². The Hall–Kier alpha value is -2.29. The third-order valence-corrected chi connectivity index (χ3v) is 3.22. The van der Waals surface area contributed by atoms with Crippen molar-refractivity contribution < 1.29 is 14.7 Å². The third kappa shape index (κ3) is 3.13. The van der Waals surface area contributed by atoms with E-state index in [1.807, 2.05) is 0 Å². The van der Waals surface area contributed by atoms with Crippen molar-refractivity contribution in [3.8, 4) is 0 Å². The molecule has 2 rings (SSSR count). The predicted molar refractivity (Wildman–Crippen MR) is 67.1 cm³/mol. The zero-order chi connectivity index (χ0) is 13.8. The summed E-state index contributed by atoms with van der Waals surface area (Å²) in [7, 11) is 0. The molecule has 9 heteroatoms. The molecule has 19 heavy (non-hydrogen) atoms. The van der Waals surface area contributed by atoms with Gasteiger partial charge in [-0.2, -0.15) is 4.37 Å². The fourth-order valence-electron chi connectivity index (χ4n) is 1.46. The van der Waals surface area contributed by atoms with Crippen LogP contribution in [0.2, 0.25) is 0 Å². The van der Waals surface area contributed by atoms with Crippen LogP contribution in [0, 0.1) is 6.92 Å². The van der Waals surface area contributed by atoms with Crippen LogP contribution >= 0.6 is 11.5 Å². The summed E-state index contributed by atoms with van der Waals surface area (Å²) in [4.78, 5) is 22.7. The third-order valence-electron chi connectivity index (χ3n) is 2.37. The summed E-state index contributed by atoms with van der Waals surface area (Å²) in [6.45, 7) is 1.97. The van der Waals surface area contributed by atoms with E-state index < -0.39 is 5.97 Å². The highest BCUT2D eigenvalue weighted by atomic mass is 32.1. The molecule has 0 spiro atoms. The first kappa shape index (κ1) is 13.1. The van der Waals surface area contributed by atoms with E-state index in [-0.39, 0.29) is 22.9 Å². The number of nitrogens with one attached hydrogen (secondary N) is 1. The van der Waals surface area contributed by atoms with Crippen LogP contribution in [0.4, 0.5) is 5.00 Å². The maximum absolute atomic E-state index is 11.7. The molecule has 2 aromatic rings. The highest BCUT2D eigenvalue weighted by Gasteiger charge is 2.19. The Bertz CT molecular complexity index is 592. The van der Waals surface area contributed by atoms with Crippen LogP contribution in [0.3, 0.4) is 0 Å². The first-order valence-electron chi connectivity index (χ1n) is 5.41. The standard InChI is InChI=1S/C10H11N5O3S/c1-6-8(10(17)18)9(19-13-6)12-7(16)2-4-15-5-3-11-14-15/h3,5H,2,4H2,1H3,(H,12,16)(H,17,18). The Morgan fingerprint density at radius 2 is 2.32 bits per heavy atom. The van der Waals surface area contributed by atoms with Gasteiger partial charge in [-0.05, 0) is 18.5 Å². The quantitative estimate of drug-likeness (QED) is 0.837. The summed E-state index contributed by atoms with van der Waals surface area (Å²) in [5.41, 5.74) is 0.434. The zero-order valence-electron chi connectivity index (χ0n) is 10.0. The highest BCUT2D eigenvalue weighted by molar-refractivity contribution is 7.11. The summed E-state index contributed by atoms with van der Waals surface area (Å²) in [6, 6.07) is 0. The van der Waals surface area contributed by atoms with E-state index in [4.69, 9.17) is 5.11 Å². The van der Waals surface area contributed by atoms with Crippen LogP contribution in [0.1, 0.15) is 22.5 Å². The largest absolute Gasteiger partial charge is 0.478 e. The van der Waals surface area contributed by atoms with Gasteiger partial charge in [-0.15, -0.1) is 5.10 Å². The van der Waals surface area contributed by atoms with E-state index in [0.717, 1.165) is 11.5 Å². The lowest BCUT2D eigenvalue weighted by Gasteiger charge is -2.03. The average Bonchev–Trinajstić information content (AvgIpc) is 2.96. The molecule has 0 saturated carbocycles. The molecular weight excluding hydrogens is 270 g/mol. The van der Waals surface area contributed by atoms with Crippen LogP contribution in [-0.2, 0) is 11.3 Å². The van der Waals surface area contributed by atoms with Gasteiger partial charge in [0.15, 0.2) is 0 Å². The van der Waals surface area contributed by atoms with Crippen LogP contribution in [0.15, 0.2) is 12.4 Å². The van der Waals surface area contributed by atoms with Gasteiger partial charge in [-0.3, -0.25) is 9.48 Å². The summed E-state index contributed by atoms with van der Waals surface area (Å²) in [6.07, 6.45) is 3.35. The van der Waals surface area contributed by atoms with E-state index in [9.17, 15) is 9.59 Å². The molecule has 2 aromatic heterocycles. The van der Waals surface area contributed by atoms with E-state index in [0.29, 0.717) is 12.2 Å². The zero-order valence-corrected chi connectivity index (χ0v) is 10.8. The molecule has 100 valence electrons. The molecular formula is C10H11N5O3S. The molecule has 0 atom stereocenters. The second kappa shape index (κ2) is 5.57. The Kier molecular flexibility index (Phi) is 3.85. The normalized spacial score (nSPS) is 10.4. The van der Waals surface area contributed by atoms with Crippen molar-refractivity contribution in [2.24, 2.45) is 0 Å². The molecule has 0 fully saturated rings. The summed E-state index contributed by atoms with van der Waals surface area (Å²) >= 11 is 0.959. The summed E-state index contributed by atoms with van der Waals surface area (Å²) < 4.78 is 5.44. The smallest absolute Gasteiger partial charge is 0.340 e. The number of aryl methyl sites for hydroxylation is 2. The number of carbonyl (C=O) groups excluding carboxylic acids is 1. The molecule has 0 aliphatic carbocycles. The number of carbonyl (C=O) groups is 2. The molecule has 0 radical (unpaired) electrons. The van der Waals surface area contributed by atoms with Gasteiger partial charge < -0.3 is 10.4 Å². The number of carboxylic acid groups (broad SMARTS) is 1. The number of amides is 1. The maximum atomic E-state index is 11.7. The lowest BCUT2D eigenvalue weighted by Crippen LogP contribution is -2.16. The Morgan fingerprint density at radius 1 is 1.53 bits per heavy atom. The molecule has 0 aromatic carbocycles. The lowest BCUT2D eigenvalue weighted by atomic mass is 10.2. The van der Waals surface area contributed by atoms with Gasteiger partial charge in [-0.1, -0.05) is 5.21 Å². The second-order valence-corrected chi connectivity index (χ2v) is 4.51. The molecule has 0 unspecified atom stereocenters. The van der Waals surface area contributed by atoms with Crippen LogP contribution < -0.4 is 5.32 Å². The number of hydrogen-bond donors (Lipinski definition) is 2. The van der Waals surface area contributed by atoms with Crippen molar-refractivity contribution in [3.63, 3.8) is 0 Å². The van der Waals surface area contributed by atoms with Gasteiger partial charge in [0.25, 0.3) is 0 Å².